The number of nitrogens with one attached hydrogen (secondary N) is 1. The number of aromatic nitrogens is 2. The van der Waals surface area contributed by atoms with E-state index in [0.717, 1.165) is 31.6 Å². The first kappa shape index (κ1) is 20.1. The Morgan fingerprint density at radius 1 is 1.25 bits per heavy atom. The van der Waals surface area contributed by atoms with Gasteiger partial charge in [-0.05, 0) is 44.7 Å². The van der Waals surface area contributed by atoms with Crippen molar-refractivity contribution in [3.8, 4) is 11.8 Å². The fourth-order valence-corrected chi connectivity index (χ4v) is 2.88. The third kappa shape index (κ3) is 5.92. The van der Waals surface area contributed by atoms with Crippen LogP contribution in [0.2, 0.25) is 0 Å². The van der Waals surface area contributed by atoms with E-state index in [1.807, 2.05) is 26.0 Å². The Hall–Kier alpha value is -2.67. The molecule has 150 valence electrons. The first-order valence-corrected chi connectivity index (χ1v) is 9.67. The maximum atomic E-state index is 12.4. The first-order chi connectivity index (χ1) is 13.6. The van der Waals surface area contributed by atoms with E-state index < -0.39 is 0 Å². The highest BCUT2D eigenvalue weighted by Gasteiger charge is 2.15. The summed E-state index contributed by atoms with van der Waals surface area (Å²) in [6.45, 7) is 6.42. The average Bonchev–Trinajstić information content (AvgIpc) is 2.72. The molecule has 1 aliphatic heterocycles. The Labute approximate surface area is 165 Å². The van der Waals surface area contributed by atoms with Crippen LogP contribution in [-0.2, 0) is 11.3 Å². The van der Waals surface area contributed by atoms with Crippen molar-refractivity contribution < 1.29 is 19.0 Å². The molecule has 1 fully saturated rings. The lowest BCUT2D eigenvalue weighted by molar-refractivity contribution is 0.0490. The van der Waals surface area contributed by atoms with Crippen molar-refractivity contribution in [2.75, 3.05) is 19.8 Å². The molecule has 1 saturated heterocycles. The maximum Gasteiger partial charge on any atom is 0.253 e. The molecule has 0 bridgehead atoms. The van der Waals surface area contributed by atoms with Crippen LogP contribution < -0.4 is 14.8 Å². The summed E-state index contributed by atoms with van der Waals surface area (Å²) in [4.78, 5) is 20.9. The van der Waals surface area contributed by atoms with E-state index in [9.17, 15) is 4.79 Å². The highest BCUT2D eigenvalue weighted by molar-refractivity contribution is 5.93. The molecule has 1 amide bonds. The van der Waals surface area contributed by atoms with Crippen LogP contribution in [0.4, 0.5) is 0 Å². The molecule has 2 aromatic rings. The summed E-state index contributed by atoms with van der Waals surface area (Å²) in [5.74, 6) is 1.36. The second-order valence-corrected chi connectivity index (χ2v) is 7.07. The van der Waals surface area contributed by atoms with Gasteiger partial charge in [0.05, 0.1) is 18.3 Å². The minimum Gasteiger partial charge on any atom is -0.477 e. The summed E-state index contributed by atoms with van der Waals surface area (Å²) in [5.41, 5.74) is 1.31. The normalized spacial score (nSPS) is 14.7. The van der Waals surface area contributed by atoms with Gasteiger partial charge < -0.3 is 19.5 Å². The molecule has 1 N–H and O–H groups in total. The summed E-state index contributed by atoms with van der Waals surface area (Å²) in [5, 5.41) is 2.88. The Morgan fingerprint density at radius 2 is 2.07 bits per heavy atom. The highest BCUT2D eigenvalue weighted by Crippen LogP contribution is 2.18. The van der Waals surface area contributed by atoms with E-state index in [1.54, 1.807) is 18.3 Å². The van der Waals surface area contributed by atoms with Crippen LogP contribution in [-0.4, -0.2) is 41.8 Å². The lowest BCUT2D eigenvalue weighted by Gasteiger charge is -2.21. The summed E-state index contributed by atoms with van der Waals surface area (Å²) in [6, 6.07) is 7.15. The molecule has 1 aliphatic rings. The molecule has 0 aromatic carbocycles. The molecule has 0 aliphatic carbocycles. The van der Waals surface area contributed by atoms with Crippen molar-refractivity contribution in [3.05, 3.63) is 47.8 Å². The van der Waals surface area contributed by atoms with Gasteiger partial charge in [0.15, 0.2) is 0 Å². The number of carbonyl (C=O) groups is 1. The third-order valence-electron chi connectivity index (χ3n) is 4.44. The van der Waals surface area contributed by atoms with Crippen LogP contribution in [0.5, 0.6) is 11.8 Å². The number of pyridine rings is 2. The number of hydrogen-bond acceptors (Lipinski definition) is 6. The zero-order valence-electron chi connectivity index (χ0n) is 16.4. The topological polar surface area (TPSA) is 82.6 Å². The van der Waals surface area contributed by atoms with Crippen LogP contribution in [0, 0.1) is 5.92 Å². The van der Waals surface area contributed by atoms with Gasteiger partial charge in [0.25, 0.3) is 5.91 Å². The Kier molecular flexibility index (Phi) is 7.19. The number of amides is 1. The fourth-order valence-electron chi connectivity index (χ4n) is 2.88. The van der Waals surface area contributed by atoms with Crippen molar-refractivity contribution in [1.82, 2.24) is 15.3 Å². The second-order valence-electron chi connectivity index (χ2n) is 7.07. The lowest BCUT2D eigenvalue weighted by atomic mass is 10.0. The quantitative estimate of drug-likeness (QED) is 0.752. The zero-order chi connectivity index (χ0) is 19.8. The molecule has 0 spiro atoms. The smallest absolute Gasteiger partial charge is 0.253 e. The number of carbonyl (C=O) groups excluding carboxylic acids is 1. The van der Waals surface area contributed by atoms with Gasteiger partial charge in [-0.3, -0.25) is 4.79 Å². The van der Waals surface area contributed by atoms with Gasteiger partial charge in [0.1, 0.15) is 0 Å². The second kappa shape index (κ2) is 10.0. The van der Waals surface area contributed by atoms with Crippen LogP contribution in [0.3, 0.4) is 0 Å². The SMILES string of the molecule is CC(C)Oc1ncccc1CNC(=O)c1ccc(OCC2CCOCC2)nc1. The molecular weight excluding hydrogens is 358 g/mol. The van der Waals surface area contributed by atoms with Gasteiger partial charge in [-0.25, -0.2) is 9.97 Å². The van der Waals surface area contributed by atoms with Crippen molar-refractivity contribution in [2.24, 2.45) is 5.92 Å². The van der Waals surface area contributed by atoms with Crippen molar-refractivity contribution in [2.45, 2.75) is 39.3 Å². The number of rotatable bonds is 8. The summed E-state index contributed by atoms with van der Waals surface area (Å²) >= 11 is 0. The van der Waals surface area contributed by atoms with E-state index in [0.29, 0.717) is 36.4 Å². The van der Waals surface area contributed by atoms with E-state index in [2.05, 4.69) is 15.3 Å². The molecule has 2 aromatic heterocycles. The number of ether oxygens (including phenoxy) is 3. The molecule has 7 heteroatoms. The summed E-state index contributed by atoms with van der Waals surface area (Å²) < 4.78 is 16.8. The Bertz CT molecular complexity index is 759. The minimum absolute atomic E-state index is 0.0160. The van der Waals surface area contributed by atoms with Crippen molar-refractivity contribution in [1.29, 1.82) is 0 Å². The Balaban J connectivity index is 1.51. The molecule has 3 rings (SSSR count). The van der Waals surface area contributed by atoms with Gasteiger partial charge >= 0.3 is 0 Å². The zero-order valence-corrected chi connectivity index (χ0v) is 16.4. The van der Waals surface area contributed by atoms with Crippen molar-refractivity contribution in [3.63, 3.8) is 0 Å². The molecule has 0 atom stereocenters. The van der Waals surface area contributed by atoms with E-state index in [4.69, 9.17) is 14.2 Å². The van der Waals surface area contributed by atoms with E-state index in [-0.39, 0.29) is 12.0 Å². The predicted octanol–water partition coefficient (Wildman–Crippen LogP) is 3.00. The lowest BCUT2D eigenvalue weighted by Crippen LogP contribution is -2.24. The predicted molar refractivity (Wildman–Crippen MR) is 104 cm³/mol. The average molecular weight is 385 g/mol. The molecule has 3 heterocycles. The van der Waals surface area contributed by atoms with Crippen LogP contribution in [0.15, 0.2) is 36.7 Å². The molecule has 28 heavy (non-hydrogen) atoms. The molecule has 0 radical (unpaired) electrons. The van der Waals surface area contributed by atoms with Crippen LogP contribution >= 0.6 is 0 Å². The molecule has 0 unspecified atom stereocenters. The van der Waals surface area contributed by atoms with Gasteiger partial charge in [-0.15, -0.1) is 0 Å². The standard InChI is InChI=1S/C21H27N3O4/c1-15(2)28-21-18(4-3-9-22-21)13-24-20(25)17-5-6-19(23-12-17)27-14-16-7-10-26-11-8-16/h3-6,9,12,15-16H,7-8,10-11,13-14H2,1-2H3,(H,24,25). The van der Waals surface area contributed by atoms with Crippen molar-refractivity contribution >= 4 is 5.91 Å². The molecule has 0 saturated carbocycles. The largest absolute Gasteiger partial charge is 0.477 e. The highest BCUT2D eigenvalue weighted by atomic mass is 16.5. The van der Waals surface area contributed by atoms with E-state index in [1.165, 1.54) is 6.20 Å². The van der Waals surface area contributed by atoms with Crippen LogP contribution in [0.25, 0.3) is 0 Å². The van der Waals surface area contributed by atoms with Gasteiger partial charge in [-0.2, -0.15) is 0 Å². The minimum atomic E-state index is -0.206. The number of hydrogen-bond donors (Lipinski definition) is 1. The maximum absolute atomic E-state index is 12.4. The summed E-state index contributed by atoms with van der Waals surface area (Å²) in [6.07, 6.45) is 5.24. The third-order valence-corrected chi connectivity index (χ3v) is 4.44. The number of nitrogens with zero attached hydrogens (tertiary/aromatic N) is 2. The molecular formula is C21H27N3O4. The summed E-state index contributed by atoms with van der Waals surface area (Å²) in [7, 11) is 0. The monoisotopic (exact) mass is 385 g/mol. The van der Waals surface area contributed by atoms with E-state index >= 15 is 0 Å². The van der Waals surface area contributed by atoms with Gasteiger partial charge in [-0.1, -0.05) is 6.07 Å². The first-order valence-electron chi connectivity index (χ1n) is 9.67. The fraction of sp³-hybridized carbons (Fsp3) is 0.476. The molecule has 7 nitrogen and oxygen atoms in total. The van der Waals surface area contributed by atoms with Gasteiger partial charge in [0.2, 0.25) is 11.8 Å². The Morgan fingerprint density at radius 3 is 2.79 bits per heavy atom. The van der Waals surface area contributed by atoms with Gasteiger partial charge in [0, 0.05) is 43.8 Å². The van der Waals surface area contributed by atoms with Crippen LogP contribution in [0.1, 0.15) is 42.6 Å².